The third kappa shape index (κ3) is 5.52. The van der Waals surface area contributed by atoms with Crippen LogP contribution in [-0.2, 0) is 4.57 Å². The first-order valence-corrected chi connectivity index (χ1v) is 18.9. The lowest BCUT2D eigenvalue weighted by molar-refractivity contribution is 0.592. The second-order valence-electron chi connectivity index (χ2n) is 11.6. The summed E-state index contributed by atoms with van der Waals surface area (Å²) in [5, 5.41) is 10.9. The lowest BCUT2D eigenvalue weighted by Gasteiger charge is -2.28. The van der Waals surface area contributed by atoms with Gasteiger partial charge in [0.2, 0.25) is 0 Å². The van der Waals surface area contributed by atoms with Gasteiger partial charge in [0.15, 0.2) is 7.14 Å². The van der Waals surface area contributed by atoms with Gasteiger partial charge in [-0.2, -0.15) is 0 Å². The average molecular weight is 649 g/mol. The molecule has 3 radical (unpaired) electrons. The van der Waals surface area contributed by atoms with E-state index in [4.69, 9.17) is 0 Å². The Labute approximate surface area is 285 Å². The van der Waals surface area contributed by atoms with Gasteiger partial charge in [-0.25, -0.2) is 0 Å². The highest BCUT2D eigenvalue weighted by Gasteiger charge is 2.35. The van der Waals surface area contributed by atoms with Gasteiger partial charge in [-0.3, -0.25) is 0 Å². The minimum absolute atomic E-state index is 0. The summed E-state index contributed by atoms with van der Waals surface area (Å²) < 4.78 is 16.2. The van der Waals surface area contributed by atoms with Crippen molar-refractivity contribution < 1.29 is 4.57 Å². The molecule has 0 aliphatic heterocycles. The number of hydrogen-bond donors (Lipinski definition) is 0. The zero-order valence-electron chi connectivity index (χ0n) is 26.4. The van der Waals surface area contributed by atoms with Gasteiger partial charge in [-0.1, -0.05) is 188 Å². The number of benzene rings is 8. The van der Waals surface area contributed by atoms with Crippen LogP contribution in [0.1, 0.15) is 0 Å². The van der Waals surface area contributed by atoms with Crippen LogP contribution in [0.25, 0.3) is 32.7 Å². The molecule has 1 nitrogen and oxygen atoms in total. The fourth-order valence-corrected chi connectivity index (χ4v) is 12.1. The molecule has 8 rings (SSSR count). The van der Waals surface area contributed by atoms with E-state index >= 15 is 4.57 Å². The molecule has 0 spiro atoms. The van der Waals surface area contributed by atoms with Gasteiger partial charge in [0.25, 0.3) is 0 Å². The van der Waals surface area contributed by atoms with Crippen molar-refractivity contribution in [3.63, 3.8) is 0 Å². The van der Waals surface area contributed by atoms with E-state index in [1.165, 1.54) is 15.9 Å². The first kappa shape index (κ1) is 31.6. The molecule has 0 fully saturated rings. The lowest BCUT2D eigenvalue weighted by Crippen LogP contribution is -2.28. The Morgan fingerprint density at radius 3 is 1.27 bits per heavy atom. The number of fused-ring (bicyclic) bond motifs is 2. The standard InChI is InChI=1S/C44H32OP2.B/c45-47(37-23-9-3-10-24-37,38-25-11-4-12-26-38)42-32-30-34-18-14-16-28-40(34)44(42)43-39-27-15-13-17-33(39)29-31-41(43)46(35-19-5-1-6-20-35)36-21-7-2-8-22-36;/h1-32H;. The molecule has 8 aromatic carbocycles. The summed E-state index contributed by atoms with van der Waals surface area (Å²) in [5.74, 6) is 0. The van der Waals surface area contributed by atoms with Crippen molar-refractivity contribution in [2.45, 2.75) is 0 Å². The molecule has 0 aromatic heterocycles. The Morgan fingerprint density at radius 2 is 0.771 bits per heavy atom. The molecule has 4 heteroatoms. The first-order chi connectivity index (χ1) is 23.2. The second kappa shape index (κ2) is 13.6. The normalized spacial score (nSPS) is 11.4. The molecule has 0 saturated heterocycles. The Morgan fingerprint density at radius 1 is 0.375 bits per heavy atom. The molecule has 227 valence electrons. The van der Waals surface area contributed by atoms with Crippen LogP contribution < -0.4 is 31.8 Å². The van der Waals surface area contributed by atoms with Crippen LogP contribution in [0.2, 0.25) is 0 Å². The highest BCUT2D eigenvalue weighted by Crippen LogP contribution is 2.49. The molecule has 0 unspecified atom stereocenters. The average Bonchev–Trinajstić information content (AvgIpc) is 3.16. The van der Waals surface area contributed by atoms with Crippen LogP contribution in [0.4, 0.5) is 0 Å². The molecule has 8 aromatic rings. The highest BCUT2D eigenvalue weighted by molar-refractivity contribution is 7.85. The molecule has 0 atom stereocenters. The van der Waals surface area contributed by atoms with Crippen LogP contribution in [0.3, 0.4) is 0 Å². The van der Waals surface area contributed by atoms with E-state index < -0.39 is 15.1 Å². The van der Waals surface area contributed by atoms with Crippen LogP contribution in [0.15, 0.2) is 194 Å². The topological polar surface area (TPSA) is 17.1 Å². The van der Waals surface area contributed by atoms with Crippen LogP contribution in [0, 0.1) is 0 Å². The number of rotatable bonds is 7. The van der Waals surface area contributed by atoms with Crippen molar-refractivity contribution in [3.8, 4) is 11.1 Å². The van der Waals surface area contributed by atoms with E-state index in [0.717, 1.165) is 48.6 Å². The van der Waals surface area contributed by atoms with Crippen molar-refractivity contribution in [2.75, 3.05) is 0 Å². The summed E-state index contributed by atoms with van der Waals surface area (Å²) in [7, 11) is -4.31. The summed E-state index contributed by atoms with van der Waals surface area (Å²) in [5.41, 5.74) is 2.20. The highest BCUT2D eigenvalue weighted by atomic mass is 31.2. The van der Waals surface area contributed by atoms with Gasteiger partial charge in [-0.15, -0.1) is 0 Å². The number of hydrogen-bond acceptors (Lipinski definition) is 1. The van der Waals surface area contributed by atoms with Crippen molar-refractivity contribution in [2.24, 2.45) is 0 Å². The third-order valence-corrected chi connectivity index (χ3v) is 14.5. The van der Waals surface area contributed by atoms with Crippen LogP contribution in [0.5, 0.6) is 0 Å². The monoisotopic (exact) mass is 649 g/mol. The third-order valence-electron chi connectivity index (χ3n) is 8.91. The molecule has 0 bridgehead atoms. The predicted molar refractivity (Wildman–Crippen MR) is 211 cm³/mol. The van der Waals surface area contributed by atoms with Crippen LogP contribution in [-0.4, -0.2) is 8.41 Å². The maximum atomic E-state index is 16.2. The molecular weight excluding hydrogens is 617 g/mol. The Hall–Kier alpha value is -5.00. The zero-order valence-corrected chi connectivity index (χ0v) is 28.1. The van der Waals surface area contributed by atoms with Gasteiger partial charge in [0.05, 0.1) is 0 Å². The molecule has 0 heterocycles. The summed E-state index contributed by atoms with van der Waals surface area (Å²) >= 11 is 0. The van der Waals surface area contributed by atoms with E-state index in [1.54, 1.807) is 0 Å². The second-order valence-corrected chi connectivity index (χ2v) is 16.6. The maximum absolute atomic E-state index is 16.2. The maximum Gasteiger partial charge on any atom is 0.171 e. The van der Waals surface area contributed by atoms with Crippen molar-refractivity contribution >= 4 is 76.8 Å². The van der Waals surface area contributed by atoms with Crippen molar-refractivity contribution in [1.82, 2.24) is 0 Å². The molecule has 0 aliphatic rings. The van der Waals surface area contributed by atoms with E-state index in [2.05, 4.69) is 133 Å². The van der Waals surface area contributed by atoms with E-state index in [1.807, 2.05) is 60.7 Å². The molecular formula is C44H32BOP2. The first-order valence-electron chi connectivity index (χ1n) is 15.9. The van der Waals surface area contributed by atoms with E-state index in [-0.39, 0.29) is 8.41 Å². The minimum Gasteiger partial charge on any atom is -0.309 e. The Kier molecular flexibility index (Phi) is 8.97. The van der Waals surface area contributed by atoms with Gasteiger partial charge >= 0.3 is 0 Å². The van der Waals surface area contributed by atoms with Crippen molar-refractivity contribution in [3.05, 3.63) is 194 Å². The predicted octanol–water partition coefficient (Wildman–Crippen LogP) is 8.68. The summed E-state index contributed by atoms with van der Waals surface area (Å²) in [4.78, 5) is 0. The summed E-state index contributed by atoms with van der Waals surface area (Å²) in [6.07, 6.45) is 0. The quantitative estimate of drug-likeness (QED) is 0.125. The van der Waals surface area contributed by atoms with Gasteiger partial charge < -0.3 is 4.57 Å². The minimum atomic E-state index is -3.35. The van der Waals surface area contributed by atoms with Crippen LogP contribution >= 0.6 is 15.1 Å². The lowest BCUT2D eigenvalue weighted by atomic mass is 9.93. The van der Waals surface area contributed by atoms with Gasteiger partial charge in [0.1, 0.15) is 0 Å². The molecule has 0 amide bonds. The zero-order chi connectivity index (χ0) is 31.6. The fourth-order valence-electron chi connectivity index (χ4n) is 6.78. The molecule has 0 aliphatic carbocycles. The molecule has 0 N–H and O–H groups in total. The fraction of sp³-hybridized carbons (Fsp3) is 0. The SMILES string of the molecule is O=P(c1ccccc1)(c1ccccc1)c1ccc2ccccc2c1-c1c(P(c2ccccc2)c2ccccc2)ccc2ccccc12.[B]. The van der Waals surface area contributed by atoms with Crippen molar-refractivity contribution in [1.29, 1.82) is 0 Å². The summed E-state index contributed by atoms with van der Waals surface area (Å²) in [6.45, 7) is 0. The Balaban J connectivity index is 0.00000364. The Bertz CT molecular complexity index is 2290. The largest absolute Gasteiger partial charge is 0.309 e. The van der Waals surface area contributed by atoms with E-state index in [0.29, 0.717) is 0 Å². The van der Waals surface area contributed by atoms with E-state index in [9.17, 15) is 0 Å². The van der Waals surface area contributed by atoms with Gasteiger partial charge in [0, 0.05) is 29.9 Å². The summed E-state index contributed by atoms with van der Waals surface area (Å²) in [6, 6.07) is 67.9. The molecule has 0 saturated carbocycles. The smallest absolute Gasteiger partial charge is 0.171 e. The van der Waals surface area contributed by atoms with Gasteiger partial charge in [-0.05, 0) is 57.0 Å². The molecule has 48 heavy (non-hydrogen) atoms.